The van der Waals surface area contributed by atoms with Crippen molar-refractivity contribution in [3.63, 3.8) is 0 Å². The normalized spacial score (nSPS) is 17.4. The van der Waals surface area contributed by atoms with Crippen molar-refractivity contribution in [2.75, 3.05) is 11.9 Å². The van der Waals surface area contributed by atoms with Crippen LogP contribution in [0.3, 0.4) is 0 Å². The fraction of sp³-hybridized carbons (Fsp3) is 0.160. The van der Waals surface area contributed by atoms with Gasteiger partial charge in [-0.05, 0) is 36.2 Å². The smallest absolute Gasteiger partial charge is 0.238 e. The van der Waals surface area contributed by atoms with Crippen LogP contribution >= 0.6 is 11.8 Å². The van der Waals surface area contributed by atoms with Crippen molar-refractivity contribution >= 4 is 40.1 Å². The second kappa shape index (κ2) is 10.2. The third-order valence-corrected chi connectivity index (χ3v) is 6.20. The van der Waals surface area contributed by atoms with Gasteiger partial charge in [-0.3, -0.25) is 14.5 Å². The predicted octanol–water partition coefficient (Wildman–Crippen LogP) is 5.03. The number of amides is 2. The number of benzene rings is 3. The summed E-state index contributed by atoms with van der Waals surface area (Å²) in [5.74, 6) is -1.12. The molecule has 3 aromatic rings. The Bertz CT molecular complexity index is 1120. The maximum atomic E-state index is 14.0. The number of carbonyl (C=O) groups excluding carboxylic acids is 2. The lowest BCUT2D eigenvalue weighted by Gasteiger charge is -2.32. The van der Waals surface area contributed by atoms with E-state index in [9.17, 15) is 14.0 Å². The number of hydrogen-bond donors (Lipinski definition) is 1. The molecule has 1 aliphatic rings. The Kier molecular flexibility index (Phi) is 6.97. The van der Waals surface area contributed by atoms with Gasteiger partial charge in [0.15, 0.2) is 5.17 Å². The van der Waals surface area contributed by atoms with Crippen LogP contribution in [-0.2, 0) is 16.0 Å². The van der Waals surface area contributed by atoms with E-state index in [2.05, 4.69) is 10.3 Å². The number of anilines is 1. The fourth-order valence-corrected chi connectivity index (χ4v) is 4.46. The molecule has 1 aliphatic heterocycles. The van der Waals surface area contributed by atoms with Crippen LogP contribution in [-0.4, -0.2) is 33.7 Å². The van der Waals surface area contributed by atoms with Gasteiger partial charge < -0.3 is 5.32 Å². The van der Waals surface area contributed by atoms with Gasteiger partial charge in [-0.1, -0.05) is 72.4 Å². The van der Waals surface area contributed by atoms with Gasteiger partial charge in [-0.25, -0.2) is 9.38 Å². The molecule has 3 aromatic carbocycles. The maximum absolute atomic E-state index is 14.0. The van der Waals surface area contributed by atoms with Crippen LogP contribution in [0.2, 0.25) is 0 Å². The molecule has 0 aromatic heterocycles. The summed E-state index contributed by atoms with van der Waals surface area (Å²) < 4.78 is 14.0. The van der Waals surface area contributed by atoms with Crippen LogP contribution in [0.25, 0.3) is 0 Å². The van der Waals surface area contributed by atoms with Crippen molar-refractivity contribution in [1.82, 2.24) is 4.90 Å². The highest BCUT2D eigenvalue weighted by atomic mass is 32.2. The molecule has 1 N–H and O–H groups in total. The molecule has 0 bridgehead atoms. The average molecular weight is 448 g/mol. The zero-order chi connectivity index (χ0) is 22.3. The van der Waals surface area contributed by atoms with E-state index in [0.717, 1.165) is 5.56 Å². The number of aliphatic imine (C=N–C) groups is 1. The molecule has 1 fully saturated rings. The molecule has 0 radical (unpaired) electrons. The van der Waals surface area contributed by atoms with Gasteiger partial charge >= 0.3 is 0 Å². The summed E-state index contributed by atoms with van der Waals surface area (Å²) in [4.78, 5) is 32.1. The number of para-hydroxylation sites is 2. The van der Waals surface area contributed by atoms with Gasteiger partial charge in [-0.2, -0.15) is 0 Å². The van der Waals surface area contributed by atoms with Crippen molar-refractivity contribution in [2.45, 2.75) is 18.1 Å². The molecule has 0 aliphatic carbocycles. The summed E-state index contributed by atoms with van der Waals surface area (Å²) in [7, 11) is 0. The highest BCUT2D eigenvalue weighted by Gasteiger charge is 2.36. The molecule has 1 heterocycles. The zero-order valence-electron chi connectivity index (χ0n) is 17.3. The summed E-state index contributed by atoms with van der Waals surface area (Å²) >= 11 is 1.23. The standard InChI is InChI=1S/C25H22FN3O2S/c26-20-13-7-8-14-21(20)28-24(31)22-17-23(30)29(16-15-18-9-3-1-4-10-18)25(32-22)27-19-11-5-2-6-12-19/h1-14,22H,15-17H2,(H,28,31). The fourth-order valence-electron chi connectivity index (χ4n) is 3.34. The number of halogens is 1. The number of rotatable bonds is 6. The summed E-state index contributed by atoms with van der Waals surface area (Å²) in [6.45, 7) is 0.461. The summed E-state index contributed by atoms with van der Waals surface area (Å²) in [6.07, 6.45) is 0.695. The number of carbonyl (C=O) groups is 2. The summed E-state index contributed by atoms with van der Waals surface area (Å²) in [5.41, 5.74) is 1.91. The monoisotopic (exact) mass is 447 g/mol. The van der Waals surface area contributed by atoms with Crippen molar-refractivity contribution in [1.29, 1.82) is 0 Å². The first-order valence-electron chi connectivity index (χ1n) is 10.3. The van der Waals surface area contributed by atoms with E-state index in [0.29, 0.717) is 23.8 Å². The molecule has 1 saturated heterocycles. The number of nitrogens with one attached hydrogen (secondary N) is 1. The van der Waals surface area contributed by atoms with E-state index in [1.54, 1.807) is 17.0 Å². The Morgan fingerprint density at radius 1 is 1.00 bits per heavy atom. The first-order chi connectivity index (χ1) is 15.6. The van der Waals surface area contributed by atoms with Gasteiger partial charge in [0.25, 0.3) is 0 Å². The van der Waals surface area contributed by atoms with E-state index in [1.165, 1.54) is 23.9 Å². The molecule has 2 amide bonds. The lowest BCUT2D eigenvalue weighted by Crippen LogP contribution is -2.46. The van der Waals surface area contributed by atoms with Crippen LogP contribution in [0.1, 0.15) is 12.0 Å². The highest BCUT2D eigenvalue weighted by molar-refractivity contribution is 8.15. The van der Waals surface area contributed by atoms with E-state index in [-0.39, 0.29) is 18.0 Å². The Hall–Kier alpha value is -3.45. The van der Waals surface area contributed by atoms with Crippen molar-refractivity contribution in [3.05, 3.63) is 96.3 Å². The Morgan fingerprint density at radius 3 is 2.38 bits per heavy atom. The van der Waals surface area contributed by atoms with Gasteiger partial charge in [0, 0.05) is 13.0 Å². The molecule has 1 atom stereocenters. The van der Waals surface area contributed by atoms with Crippen molar-refractivity contribution in [2.24, 2.45) is 4.99 Å². The Labute approximate surface area is 190 Å². The number of nitrogens with zero attached hydrogens (tertiary/aromatic N) is 2. The Balaban J connectivity index is 1.54. The minimum absolute atomic E-state index is 0.0214. The van der Waals surface area contributed by atoms with Crippen LogP contribution in [0.15, 0.2) is 89.9 Å². The number of thioether (sulfide) groups is 1. The molecule has 1 unspecified atom stereocenters. The van der Waals surface area contributed by atoms with Gasteiger partial charge in [0.1, 0.15) is 11.1 Å². The van der Waals surface area contributed by atoms with E-state index in [1.807, 2.05) is 60.7 Å². The van der Waals surface area contributed by atoms with Crippen LogP contribution in [0.5, 0.6) is 0 Å². The van der Waals surface area contributed by atoms with E-state index >= 15 is 0 Å². The largest absolute Gasteiger partial charge is 0.323 e. The molecule has 32 heavy (non-hydrogen) atoms. The molecule has 4 rings (SSSR count). The average Bonchev–Trinajstić information content (AvgIpc) is 2.81. The molecule has 0 spiro atoms. The minimum Gasteiger partial charge on any atom is -0.323 e. The van der Waals surface area contributed by atoms with Crippen LogP contribution < -0.4 is 5.32 Å². The zero-order valence-corrected chi connectivity index (χ0v) is 18.1. The molecule has 7 heteroatoms. The molecule has 0 saturated carbocycles. The quantitative estimate of drug-likeness (QED) is 0.577. The number of amidine groups is 1. The molecular formula is C25H22FN3O2S. The van der Waals surface area contributed by atoms with E-state index < -0.39 is 17.0 Å². The minimum atomic E-state index is -0.697. The maximum Gasteiger partial charge on any atom is 0.238 e. The lowest BCUT2D eigenvalue weighted by atomic mass is 10.1. The first-order valence-corrected chi connectivity index (χ1v) is 11.2. The van der Waals surface area contributed by atoms with Gasteiger partial charge in [-0.15, -0.1) is 0 Å². The third kappa shape index (κ3) is 5.42. The molecular weight excluding hydrogens is 425 g/mol. The second-order valence-electron chi connectivity index (χ2n) is 7.29. The lowest BCUT2D eigenvalue weighted by molar-refractivity contribution is -0.129. The topological polar surface area (TPSA) is 61.8 Å². The third-order valence-electron chi connectivity index (χ3n) is 5.01. The SMILES string of the molecule is O=C(Nc1ccccc1F)C1CC(=O)N(CCc2ccccc2)C(=Nc2ccccc2)S1. The van der Waals surface area contributed by atoms with Crippen molar-refractivity contribution < 1.29 is 14.0 Å². The van der Waals surface area contributed by atoms with Gasteiger partial charge in [0.05, 0.1) is 11.4 Å². The summed E-state index contributed by atoms with van der Waals surface area (Å²) in [6, 6.07) is 25.2. The summed E-state index contributed by atoms with van der Waals surface area (Å²) in [5, 5.41) is 2.37. The van der Waals surface area contributed by atoms with Crippen LogP contribution in [0, 0.1) is 5.82 Å². The van der Waals surface area contributed by atoms with Crippen LogP contribution in [0.4, 0.5) is 15.8 Å². The first kappa shape index (κ1) is 21.8. The molecule has 5 nitrogen and oxygen atoms in total. The predicted molar refractivity (Wildman–Crippen MR) is 126 cm³/mol. The Morgan fingerprint density at radius 2 is 1.66 bits per heavy atom. The van der Waals surface area contributed by atoms with Gasteiger partial charge in [0.2, 0.25) is 11.8 Å². The number of hydrogen-bond acceptors (Lipinski definition) is 4. The highest BCUT2D eigenvalue weighted by Crippen LogP contribution is 2.30. The van der Waals surface area contributed by atoms with Crippen molar-refractivity contribution in [3.8, 4) is 0 Å². The second-order valence-corrected chi connectivity index (χ2v) is 8.46. The van der Waals surface area contributed by atoms with E-state index in [4.69, 9.17) is 0 Å². The molecule has 162 valence electrons.